The summed E-state index contributed by atoms with van der Waals surface area (Å²) in [7, 11) is -3.78. The minimum Gasteiger partial charge on any atom is -0.343 e. The van der Waals surface area contributed by atoms with Crippen molar-refractivity contribution in [3.8, 4) is 0 Å². The molecule has 1 saturated carbocycles. The van der Waals surface area contributed by atoms with Gasteiger partial charge < -0.3 is 11.1 Å². The summed E-state index contributed by atoms with van der Waals surface area (Å²) in [6.07, 6.45) is -2.04. The van der Waals surface area contributed by atoms with E-state index in [1.807, 2.05) is 0 Å². The largest absolute Gasteiger partial charge is 0.405 e. The van der Waals surface area contributed by atoms with E-state index in [0.717, 1.165) is 12.8 Å². The molecule has 0 aliphatic heterocycles. The predicted octanol–water partition coefficient (Wildman–Crippen LogP) is 1.81. The molecule has 0 saturated heterocycles. The van der Waals surface area contributed by atoms with Crippen LogP contribution in [0.2, 0.25) is 0 Å². The Morgan fingerprint density at radius 1 is 1.19 bits per heavy atom. The zero-order chi connectivity index (χ0) is 18.7. The van der Waals surface area contributed by atoms with Crippen LogP contribution in [-0.2, 0) is 10.0 Å². The third-order valence-corrected chi connectivity index (χ3v) is 5.65. The number of amides is 1. The van der Waals surface area contributed by atoms with E-state index in [1.54, 1.807) is 5.32 Å². The summed E-state index contributed by atoms with van der Waals surface area (Å²) < 4.78 is 63.7. The first-order valence-electron chi connectivity index (χ1n) is 7.80. The van der Waals surface area contributed by atoms with Crippen LogP contribution in [0.3, 0.4) is 0 Å². The van der Waals surface area contributed by atoms with E-state index in [4.69, 9.17) is 5.73 Å². The fourth-order valence-electron chi connectivity index (χ4n) is 2.81. The fraction of sp³-hybridized carbons (Fsp3) is 0.533. The van der Waals surface area contributed by atoms with Crippen LogP contribution in [0.25, 0.3) is 0 Å². The van der Waals surface area contributed by atoms with Crippen molar-refractivity contribution in [1.82, 2.24) is 10.0 Å². The second kappa shape index (κ2) is 9.03. The summed E-state index contributed by atoms with van der Waals surface area (Å²) in [6.45, 7) is -1.05. The van der Waals surface area contributed by atoms with Gasteiger partial charge in [0.2, 0.25) is 10.0 Å². The SMILES string of the molecule is Cl.NCC1CCCC1NS(=O)(=O)c1ccc(C(=O)NCC(F)(F)F)cc1. The van der Waals surface area contributed by atoms with Gasteiger partial charge in [-0.25, -0.2) is 13.1 Å². The van der Waals surface area contributed by atoms with Gasteiger partial charge in [0.1, 0.15) is 6.54 Å². The summed E-state index contributed by atoms with van der Waals surface area (Å²) in [6, 6.07) is 4.50. The van der Waals surface area contributed by atoms with Crippen molar-refractivity contribution in [2.45, 2.75) is 36.4 Å². The lowest BCUT2D eigenvalue weighted by molar-refractivity contribution is -0.123. The lowest BCUT2D eigenvalue weighted by Gasteiger charge is -2.19. The van der Waals surface area contributed by atoms with Crippen LogP contribution in [0.4, 0.5) is 13.2 Å². The van der Waals surface area contributed by atoms with Crippen molar-refractivity contribution in [1.29, 1.82) is 0 Å². The Morgan fingerprint density at radius 3 is 2.35 bits per heavy atom. The monoisotopic (exact) mass is 415 g/mol. The standard InChI is InChI=1S/C15H20F3N3O3S.ClH/c16-15(17,18)9-20-14(22)10-4-6-12(7-5-10)25(23,24)21-13-3-1-2-11(13)8-19;/h4-7,11,13,21H,1-3,8-9,19H2,(H,20,22);1H. The molecule has 6 nitrogen and oxygen atoms in total. The molecule has 2 unspecified atom stereocenters. The summed E-state index contributed by atoms with van der Waals surface area (Å²) >= 11 is 0. The van der Waals surface area contributed by atoms with Crippen LogP contribution >= 0.6 is 12.4 Å². The number of nitrogens with two attached hydrogens (primary N) is 1. The Balaban J connectivity index is 0.00000338. The topological polar surface area (TPSA) is 101 Å². The van der Waals surface area contributed by atoms with Gasteiger partial charge in [0.15, 0.2) is 0 Å². The number of benzene rings is 1. The molecule has 26 heavy (non-hydrogen) atoms. The second-order valence-corrected chi connectivity index (χ2v) is 7.69. The number of hydrogen-bond acceptors (Lipinski definition) is 4. The molecule has 0 heterocycles. The number of rotatable bonds is 6. The molecular formula is C15H21ClF3N3O3S. The smallest absolute Gasteiger partial charge is 0.343 e. The van der Waals surface area contributed by atoms with Crippen LogP contribution in [-0.4, -0.2) is 39.6 Å². The quantitative estimate of drug-likeness (QED) is 0.659. The molecule has 11 heteroatoms. The average Bonchev–Trinajstić information content (AvgIpc) is 2.98. The minimum absolute atomic E-state index is 0. The van der Waals surface area contributed by atoms with Crippen LogP contribution in [0.5, 0.6) is 0 Å². The van der Waals surface area contributed by atoms with E-state index in [-0.39, 0.29) is 34.8 Å². The van der Waals surface area contributed by atoms with E-state index < -0.39 is 28.7 Å². The summed E-state index contributed by atoms with van der Waals surface area (Å²) in [4.78, 5) is 11.6. The van der Waals surface area contributed by atoms with Gasteiger partial charge in [0.05, 0.1) is 4.90 Å². The lowest BCUT2D eigenvalue weighted by Crippen LogP contribution is -2.39. The van der Waals surface area contributed by atoms with Gasteiger partial charge in [0, 0.05) is 11.6 Å². The van der Waals surface area contributed by atoms with E-state index in [9.17, 15) is 26.4 Å². The maximum atomic E-state index is 12.4. The second-order valence-electron chi connectivity index (χ2n) is 5.98. The molecular weight excluding hydrogens is 395 g/mol. The number of nitrogens with one attached hydrogen (secondary N) is 2. The molecule has 1 aliphatic carbocycles. The van der Waals surface area contributed by atoms with E-state index in [2.05, 4.69) is 4.72 Å². The highest BCUT2D eigenvalue weighted by molar-refractivity contribution is 7.89. The first-order chi connectivity index (χ1) is 11.6. The van der Waals surface area contributed by atoms with Gasteiger partial charge in [-0.3, -0.25) is 4.79 Å². The van der Waals surface area contributed by atoms with E-state index >= 15 is 0 Å². The normalized spacial score (nSPS) is 20.5. The van der Waals surface area contributed by atoms with E-state index in [0.29, 0.717) is 13.0 Å². The zero-order valence-electron chi connectivity index (χ0n) is 13.8. The molecule has 0 radical (unpaired) electrons. The van der Waals surface area contributed by atoms with Crippen molar-refractivity contribution in [2.24, 2.45) is 11.7 Å². The number of alkyl halides is 3. The van der Waals surface area contributed by atoms with Gasteiger partial charge in [-0.1, -0.05) is 6.42 Å². The average molecular weight is 416 g/mol. The third kappa shape index (κ3) is 6.11. The highest BCUT2D eigenvalue weighted by atomic mass is 35.5. The summed E-state index contributed by atoms with van der Waals surface area (Å²) in [5, 5.41) is 1.73. The molecule has 1 fully saturated rings. The Hall–Kier alpha value is -1.36. The Bertz CT molecular complexity index is 711. The van der Waals surface area contributed by atoms with Gasteiger partial charge in [-0.15, -0.1) is 12.4 Å². The number of halogens is 4. The predicted molar refractivity (Wildman–Crippen MR) is 92.6 cm³/mol. The van der Waals surface area contributed by atoms with Crippen molar-refractivity contribution >= 4 is 28.3 Å². The number of hydrogen-bond donors (Lipinski definition) is 3. The zero-order valence-corrected chi connectivity index (χ0v) is 15.4. The van der Waals surface area contributed by atoms with Gasteiger partial charge in [-0.2, -0.15) is 13.2 Å². The molecule has 1 aromatic rings. The maximum absolute atomic E-state index is 12.4. The highest BCUT2D eigenvalue weighted by Crippen LogP contribution is 2.26. The molecule has 1 amide bonds. The van der Waals surface area contributed by atoms with Crippen LogP contribution in [0.1, 0.15) is 29.6 Å². The van der Waals surface area contributed by atoms with Crippen molar-refractivity contribution in [2.75, 3.05) is 13.1 Å². The molecule has 2 atom stereocenters. The van der Waals surface area contributed by atoms with Crippen LogP contribution < -0.4 is 15.8 Å². The van der Waals surface area contributed by atoms with Crippen molar-refractivity contribution < 1.29 is 26.4 Å². The Kier molecular flexibility index (Phi) is 7.87. The first-order valence-corrected chi connectivity index (χ1v) is 9.28. The minimum atomic E-state index is -4.51. The molecule has 2 rings (SSSR count). The molecule has 0 bridgehead atoms. The lowest BCUT2D eigenvalue weighted by atomic mass is 10.1. The van der Waals surface area contributed by atoms with Gasteiger partial charge in [0.25, 0.3) is 5.91 Å². The maximum Gasteiger partial charge on any atom is 0.405 e. The number of carbonyl (C=O) groups is 1. The molecule has 1 aliphatic rings. The van der Waals surface area contributed by atoms with Gasteiger partial charge in [-0.05, 0) is 49.6 Å². The molecule has 148 valence electrons. The number of sulfonamides is 1. The van der Waals surface area contributed by atoms with Gasteiger partial charge >= 0.3 is 6.18 Å². The Morgan fingerprint density at radius 2 is 1.81 bits per heavy atom. The van der Waals surface area contributed by atoms with E-state index in [1.165, 1.54) is 24.3 Å². The molecule has 1 aromatic carbocycles. The fourth-order valence-corrected chi connectivity index (χ4v) is 4.15. The molecule has 0 spiro atoms. The van der Waals surface area contributed by atoms with Crippen molar-refractivity contribution in [3.05, 3.63) is 29.8 Å². The van der Waals surface area contributed by atoms with Crippen LogP contribution in [0.15, 0.2) is 29.2 Å². The Labute approximate surface area is 156 Å². The third-order valence-electron chi connectivity index (χ3n) is 4.14. The molecule has 0 aromatic heterocycles. The molecule has 4 N–H and O–H groups in total. The van der Waals surface area contributed by atoms with Crippen LogP contribution in [0, 0.1) is 5.92 Å². The highest BCUT2D eigenvalue weighted by Gasteiger charge is 2.30. The summed E-state index contributed by atoms with van der Waals surface area (Å²) in [5.41, 5.74) is 5.58. The first kappa shape index (κ1) is 22.7. The number of carbonyl (C=O) groups excluding carboxylic acids is 1. The summed E-state index contributed by atoms with van der Waals surface area (Å²) in [5.74, 6) is -0.838. The van der Waals surface area contributed by atoms with Crippen molar-refractivity contribution in [3.63, 3.8) is 0 Å².